The highest BCUT2D eigenvalue weighted by Gasteiger charge is 2.20. The van der Waals surface area contributed by atoms with Crippen LogP contribution in [0, 0.1) is 0 Å². The minimum absolute atomic E-state index is 0.155. The zero-order valence-corrected chi connectivity index (χ0v) is 19.1. The molecule has 0 N–H and O–H groups in total. The van der Waals surface area contributed by atoms with Gasteiger partial charge in [-0.05, 0) is 43.5 Å². The number of benzene rings is 2. The summed E-state index contributed by atoms with van der Waals surface area (Å²) < 4.78 is 8.10. The fraction of sp³-hybridized carbons (Fsp3) is 0.280. The van der Waals surface area contributed by atoms with Crippen molar-refractivity contribution in [2.45, 2.75) is 31.0 Å². The summed E-state index contributed by atoms with van der Waals surface area (Å²) in [6.07, 6.45) is 5.13. The number of nitrogens with zero attached hydrogens (tertiary/aromatic N) is 5. The third kappa shape index (κ3) is 4.85. The second-order valence-corrected chi connectivity index (χ2v) is 8.86. The molecule has 1 aliphatic rings. The summed E-state index contributed by atoms with van der Waals surface area (Å²) in [6.45, 7) is 1.93. The molecule has 168 valence electrons. The lowest BCUT2D eigenvalue weighted by Gasteiger charge is -2.26. The number of likely N-dealkylation sites (tertiary alicyclic amines) is 1. The number of hydrogen-bond donors (Lipinski definition) is 0. The number of ether oxygens (including phenoxy) is 1. The lowest BCUT2D eigenvalue weighted by Crippen LogP contribution is -2.36. The van der Waals surface area contributed by atoms with Crippen LogP contribution in [0.25, 0.3) is 16.6 Å². The standard InChI is InChI=1S/C25H25N5O2S/c31-23(29-15-5-2-6-16-29)18-33-25-28-27-22(30(25)20-11-3-1-4-12-20)17-32-21-13-7-9-19-10-8-14-26-24(19)21/h1,3-4,7-14H,2,5-6,15-18H2. The van der Waals surface area contributed by atoms with E-state index >= 15 is 0 Å². The summed E-state index contributed by atoms with van der Waals surface area (Å²) in [5, 5.41) is 10.5. The number of amides is 1. The summed E-state index contributed by atoms with van der Waals surface area (Å²) >= 11 is 1.42. The van der Waals surface area contributed by atoms with E-state index in [1.165, 1.54) is 18.2 Å². The Morgan fingerprint density at radius 1 is 0.939 bits per heavy atom. The van der Waals surface area contributed by atoms with Gasteiger partial charge in [0.1, 0.15) is 17.9 Å². The minimum atomic E-state index is 0.155. The Morgan fingerprint density at radius 3 is 2.61 bits per heavy atom. The average Bonchev–Trinajstić information content (AvgIpc) is 3.29. The van der Waals surface area contributed by atoms with Crippen LogP contribution < -0.4 is 4.74 Å². The molecule has 5 rings (SSSR count). The first-order chi connectivity index (χ1) is 16.3. The molecular formula is C25H25N5O2S. The van der Waals surface area contributed by atoms with Gasteiger partial charge in [-0.2, -0.15) is 0 Å². The van der Waals surface area contributed by atoms with Crippen molar-refractivity contribution in [3.05, 3.63) is 72.7 Å². The molecular weight excluding hydrogens is 434 g/mol. The van der Waals surface area contributed by atoms with E-state index in [2.05, 4.69) is 15.2 Å². The molecule has 0 radical (unpaired) electrons. The quantitative estimate of drug-likeness (QED) is 0.379. The second-order valence-electron chi connectivity index (χ2n) is 7.92. The molecule has 1 saturated heterocycles. The van der Waals surface area contributed by atoms with Crippen LogP contribution in [-0.4, -0.2) is 49.4 Å². The Bertz CT molecular complexity index is 1230. The zero-order valence-electron chi connectivity index (χ0n) is 18.3. The van der Waals surface area contributed by atoms with Gasteiger partial charge in [0.15, 0.2) is 11.0 Å². The van der Waals surface area contributed by atoms with E-state index in [1.807, 2.05) is 70.1 Å². The molecule has 0 saturated carbocycles. The smallest absolute Gasteiger partial charge is 0.233 e. The van der Waals surface area contributed by atoms with Crippen LogP contribution in [0.1, 0.15) is 25.1 Å². The molecule has 1 aliphatic heterocycles. The molecule has 2 aromatic heterocycles. The first kappa shape index (κ1) is 21.5. The molecule has 3 heterocycles. The van der Waals surface area contributed by atoms with E-state index in [-0.39, 0.29) is 12.5 Å². The fourth-order valence-electron chi connectivity index (χ4n) is 4.02. The van der Waals surface area contributed by atoms with Crippen molar-refractivity contribution in [2.75, 3.05) is 18.8 Å². The maximum atomic E-state index is 12.7. The normalized spacial score (nSPS) is 13.9. The van der Waals surface area contributed by atoms with Gasteiger partial charge in [0, 0.05) is 30.4 Å². The molecule has 0 atom stereocenters. The topological polar surface area (TPSA) is 73.1 Å². The average molecular weight is 460 g/mol. The predicted molar refractivity (Wildman–Crippen MR) is 129 cm³/mol. The number of piperidine rings is 1. The van der Waals surface area contributed by atoms with Crippen molar-refractivity contribution < 1.29 is 9.53 Å². The summed E-state index contributed by atoms with van der Waals surface area (Å²) in [4.78, 5) is 19.1. The molecule has 33 heavy (non-hydrogen) atoms. The van der Waals surface area contributed by atoms with E-state index in [1.54, 1.807) is 6.20 Å². The van der Waals surface area contributed by atoms with Crippen LogP contribution in [0.5, 0.6) is 5.75 Å². The van der Waals surface area contributed by atoms with Crippen molar-refractivity contribution >= 4 is 28.6 Å². The lowest BCUT2D eigenvalue weighted by molar-refractivity contribution is -0.129. The fourth-order valence-corrected chi connectivity index (χ4v) is 4.89. The molecule has 0 bridgehead atoms. The zero-order chi connectivity index (χ0) is 22.5. The number of aromatic nitrogens is 4. The van der Waals surface area contributed by atoms with Crippen LogP contribution in [0.15, 0.2) is 72.0 Å². The Hall–Kier alpha value is -3.39. The van der Waals surface area contributed by atoms with Crippen LogP contribution in [0.4, 0.5) is 0 Å². The van der Waals surface area contributed by atoms with Crippen LogP contribution in [0.3, 0.4) is 0 Å². The third-order valence-electron chi connectivity index (χ3n) is 5.70. The van der Waals surface area contributed by atoms with Crippen LogP contribution >= 0.6 is 11.8 Å². The van der Waals surface area contributed by atoms with E-state index in [0.717, 1.165) is 42.5 Å². The summed E-state index contributed by atoms with van der Waals surface area (Å²) in [5.74, 6) is 1.87. The highest BCUT2D eigenvalue weighted by atomic mass is 32.2. The molecule has 0 aliphatic carbocycles. The van der Waals surface area contributed by atoms with Crippen molar-refractivity contribution in [2.24, 2.45) is 0 Å². The number of carbonyl (C=O) groups excluding carboxylic acids is 1. The Labute approximate surface area is 196 Å². The first-order valence-electron chi connectivity index (χ1n) is 11.2. The van der Waals surface area contributed by atoms with E-state index in [4.69, 9.17) is 4.74 Å². The summed E-state index contributed by atoms with van der Waals surface area (Å²) in [7, 11) is 0. The van der Waals surface area contributed by atoms with Gasteiger partial charge in [-0.15, -0.1) is 10.2 Å². The SMILES string of the molecule is O=C(CSc1nnc(COc2cccc3cccnc23)n1-c1ccccc1)N1CCCCC1. The highest BCUT2D eigenvalue weighted by molar-refractivity contribution is 7.99. The molecule has 7 nitrogen and oxygen atoms in total. The van der Waals surface area contributed by atoms with E-state index in [9.17, 15) is 4.79 Å². The third-order valence-corrected chi connectivity index (χ3v) is 6.61. The minimum Gasteiger partial charge on any atom is -0.483 e. The van der Waals surface area contributed by atoms with Gasteiger partial charge in [-0.25, -0.2) is 0 Å². The van der Waals surface area contributed by atoms with Gasteiger partial charge in [0.2, 0.25) is 5.91 Å². The van der Waals surface area contributed by atoms with Gasteiger partial charge in [0.05, 0.1) is 5.75 Å². The van der Waals surface area contributed by atoms with Crippen molar-refractivity contribution in [3.63, 3.8) is 0 Å². The number of hydrogen-bond acceptors (Lipinski definition) is 6. The van der Waals surface area contributed by atoms with Gasteiger partial charge in [0.25, 0.3) is 0 Å². The lowest BCUT2D eigenvalue weighted by atomic mass is 10.1. The first-order valence-corrected chi connectivity index (χ1v) is 12.1. The largest absolute Gasteiger partial charge is 0.483 e. The maximum absolute atomic E-state index is 12.7. The molecule has 1 fully saturated rings. The van der Waals surface area contributed by atoms with Gasteiger partial charge in [-0.1, -0.05) is 48.2 Å². The Morgan fingerprint density at radius 2 is 1.76 bits per heavy atom. The monoisotopic (exact) mass is 459 g/mol. The molecule has 0 unspecified atom stereocenters. The van der Waals surface area contributed by atoms with Crippen LogP contribution in [0.2, 0.25) is 0 Å². The summed E-state index contributed by atoms with van der Waals surface area (Å²) in [6, 6.07) is 19.7. The van der Waals surface area contributed by atoms with Gasteiger partial charge in [-0.3, -0.25) is 14.3 Å². The number of para-hydroxylation sites is 2. The van der Waals surface area contributed by atoms with Gasteiger partial charge >= 0.3 is 0 Å². The second kappa shape index (κ2) is 10.0. The number of pyridine rings is 1. The Balaban J connectivity index is 1.37. The number of thioether (sulfide) groups is 1. The highest BCUT2D eigenvalue weighted by Crippen LogP contribution is 2.26. The van der Waals surface area contributed by atoms with Crippen molar-refractivity contribution in [3.8, 4) is 11.4 Å². The molecule has 2 aromatic carbocycles. The molecule has 1 amide bonds. The van der Waals surface area contributed by atoms with Gasteiger partial charge < -0.3 is 9.64 Å². The van der Waals surface area contributed by atoms with Crippen LogP contribution in [-0.2, 0) is 11.4 Å². The number of carbonyl (C=O) groups is 1. The Kier molecular flexibility index (Phi) is 6.53. The molecule has 8 heteroatoms. The van der Waals surface area contributed by atoms with Crippen molar-refractivity contribution in [1.82, 2.24) is 24.6 Å². The van der Waals surface area contributed by atoms with E-state index in [0.29, 0.717) is 22.5 Å². The van der Waals surface area contributed by atoms with Crippen molar-refractivity contribution in [1.29, 1.82) is 0 Å². The molecule has 4 aromatic rings. The molecule has 0 spiro atoms. The number of rotatable bonds is 7. The predicted octanol–water partition coefficient (Wildman–Crippen LogP) is 4.50. The summed E-state index contributed by atoms with van der Waals surface area (Å²) in [5.41, 5.74) is 1.75. The number of fused-ring (bicyclic) bond motifs is 1. The van der Waals surface area contributed by atoms with E-state index < -0.39 is 0 Å². The maximum Gasteiger partial charge on any atom is 0.233 e.